The quantitative estimate of drug-likeness (QED) is 0.675. The van der Waals surface area contributed by atoms with E-state index in [-0.39, 0.29) is 13.2 Å². The zero-order chi connectivity index (χ0) is 15.5. The molecule has 0 fully saturated rings. The maximum absolute atomic E-state index is 11.3. The van der Waals surface area contributed by atoms with Gasteiger partial charge in [0.25, 0.3) is 0 Å². The Hall–Kier alpha value is -2.55. The number of anilines is 1. The molecule has 6 nitrogen and oxygen atoms in total. The maximum atomic E-state index is 11.3. The zero-order valence-electron chi connectivity index (χ0n) is 11.9. The number of para-hydroxylation sites is 1. The number of nitriles is 1. The van der Waals surface area contributed by atoms with Crippen LogP contribution in [0.4, 0.5) is 5.69 Å². The molecule has 0 atom stereocenters. The van der Waals surface area contributed by atoms with Gasteiger partial charge in [0.05, 0.1) is 19.0 Å². The van der Waals surface area contributed by atoms with Crippen molar-refractivity contribution < 1.29 is 19.1 Å². The van der Waals surface area contributed by atoms with Crippen molar-refractivity contribution in [3.63, 3.8) is 0 Å². The second-order valence-electron chi connectivity index (χ2n) is 4.23. The average molecular weight is 290 g/mol. The van der Waals surface area contributed by atoms with Gasteiger partial charge < -0.3 is 14.4 Å². The molecule has 0 N–H and O–H groups in total. The number of nitrogens with zero attached hydrogens (tertiary/aromatic N) is 2. The van der Waals surface area contributed by atoms with E-state index < -0.39 is 11.9 Å². The van der Waals surface area contributed by atoms with E-state index in [1.807, 2.05) is 35.2 Å². The van der Waals surface area contributed by atoms with Gasteiger partial charge >= 0.3 is 11.9 Å². The monoisotopic (exact) mass is 290 g/mol. The van der Waals surface area contributed by atoms with Crippen molar-refractivity contribution >= 4 is 17.6 Å². The predicted molar refractivity (Wildman–Crippen MR) is 76.5 cm³/mol. The van der Waals surface area contributed by atoms with E-state index in [2.05, 4.69) is 10.8 Å². The standard InChI is InChI=1S/C15H18N2O4/c1-13(18)21-12-15(19)20-11-10-17(9-5-8-16)14-6-3-2-4-7-14/h2-4,6-7H,5,9-12H2,1H3. The fourth-order valence-corrected chi connectivity index (χ4v) is 1.67. The van der Waals surface area contributed by atoms with E-state index in [0.717, 1.165) is 5.69 Å². The van der Waals surface area contributed by atoms with Crippen LogP contribution in [0.15, 0.2) is 30.3 Å². The van der Waals surface area contributed by atoms with Crippen molar-refractivity contribution in [2.24, 2.45) is 0 Å². The van der Waals surface area contributed by atoms with Crippen LogP contribution in [0, 0.1) is 11.3 Å². The Morgan fingerprint density at radius 3 is 2.52 bits per heavy atom. The largest absolute Gasteiger partial charge is 0.461 e. The van der Waals surface area contributed by atoms with Crippen LogP contribution in [0.1, 0.15) is 13.3 Å². The molecule has 0 unspecified atom stereocenters. The van der Waals surface area contributed by atoms with Crippen LogP contribution in [0.5, 0.6) is 0 Å². The lowest BCUT2D eigenvalue weighted by Gasteiger charge is -2.23. The van der Waals surface area contributed by atoms with Crippen molar-refractivity contribution in [3.05, 3.63) is 30.3 Å². The Morgan fingerprint density at radius 2 is 1.90 bits per heavy atom. The molecule has 1 aromatic rings. The first-order valence-electron chi connectivity index (χ1n) is 6.59. The normalized spacial score (nSPS) is 9.52. The molecule has 0 aliphatic heterocycles. The number of rotatable bonds is 8. The Labute approximate surface area is 123 Å². The van der Waals surface area contributed by atoms with Crippen molar-refractivity contribution in [2.45, 2.75) is 13.3 Å². The van der Waals surface area contributed by atoms with Crippen molar-refractivity contribution in [2.75, 3.05) is 31.2 Å². The molecule has 0 aliphatic carbocycles. The van der Waals surface area contributed by atoms with Crippen molar-refractivity contribution in [1.82, 2.24) is 0 Å². The molecule has 0 aromatic heterocycles. The molecule has 0 aliphatic rings. The van der Waals surface area contributed by atoms with Crippen LogP contribution in [0.25, 0.3) is 0 Å². The highest BCUT2D eigenvalue weighted by molar-refractivity contribution is 5.75. The highest BCUT2D eigenvalue weighted by atomic mass is 16.6. The number of carbonyl (C=O) groups is 2. The molecule has 0 saturated carbocycles. The van der Waals surface area contributed by atoms with E-state index >= 15 is 0 Å². The van der Waals surface area contributed by atoms with Gasteiger partial charge in [-0.1, -0.05) is 18.2 Å². The van der Waals surface area contributed by atoms with Gasteiger partial charge in [0.1, 0.15) is 6.61 Å². The third-order valence-corrected chi connectivity index (χ3v) is 2.63. The van der Waals surface area contributed by atoms with Crippen molar-refractivity contribution in [3.8, 4) is 6.07 Å². The number of carbonyl (C=O) groups excluding carboxylic acids is 2. The van der Waals surface area contributed by atoms with Crippen LogP contribution >= 0.6 is 0 Å². The molecule has 1 aromatic carbocycles. The highest BCUT2D eigenvalue weighted by Gasteiger charge is 2.09. The average Bonchev–Trinajstić information content (AvgIpc) is 2.49. The second-order valence-corrected chi connectivity index (χ2v) is 4.23. The van der Waals surface area contributed by atoms with Crippen molar-refractivity contribution in [1.29, 1.82) is 5.26 Å². The van der Waals surface area contributed by atoms with Crippen LogP contribution in [0.3, 0.4) is 0 Å². The first kappa shape index (κ1) is 16.5. The summed E-state index contributed by atoms with van der Waals surface area (Å²) in [7, 11) is 0. The van der Waals surface area contributed by atoms with Gasteiger partial charge in [-0.25, -0.2) is 4.79 Å². The molecule has 21 heavy (non-hydrogen) atoms. The predicted octanol–water partition coefficient (Wildman–Crippen LogP) is 1.51. The summed E-state index contributed by atoms with van der Waals surface area (Å²) in [5.41, 5.74) is 0.962. The minimum atomic E-state index is -0.585. The van der Waals surface area contributed by atoms with Gasteiger partial charge in [0.15, 0.2) is 6.61 Å². The molecule has 0 radical (unpaired) electrons. The SMILES string of the molecule is CC(=O)OCC(=O)OCCN(CCC#N)c1ccccc1. The summed E-state index contributed by atoms with van der Waals surface area (Å²) in [5.74, 6) is -1.11. The van der Waals surface area contributed by atoms with E-state index in [4.69, 9.17) is 10.00 Å². The minimum Gasteiger partial charge on any atom is -0.461 e. The summed E-state index contributed by atoms with van der Waals surface area (Å²) >= 11 is 0. The Morgan fingerprint density at radius 1 is 1.19 bits per heavy atom. The lowest BCUT2D eigenvalue weighted by molar-refractivity contribution is -0.157. The minimum absolute atomic E-state index is 0.167. The number of ether oxygens (including phenoxy) is 2. The van der Waals surface area contributed by atoms with Gasteiger partial charge in [-0.3, -0.25) is 4.79 Å². The smallest absolute Gasteiger partial charge is 0.344 e. The van der Waals surface area contributed by atoms with Gasteiger partial charge in [-0.05, 0) is 12.1 Å². The van der Waals surface area contributed by atoms with Gasteiger partial charge in [-0.15, -0.1) is 0 Å². The highest BCUT2D eigenvalue weighted by Crippen LogP contribution is 2.13. The summed E-state index contributed by atoms with van der Waals surface area (Å²) in [5, 5.41) is 8.69. The number of hydrogen-bond acceptors (Lipinski definition) is 6. The van der Waals surface area contributed by atoms with Gasteiger partial charge in [0.2, 0.25) is 0 Å². The Balaban J connectivity index is 2.42. The van der Waals surface area contributed by atoms with E-state index in [9.17, 15) is 9.59 Å². The topological polar surface area (TPSA) is 79.6 Å². The second kappa shape index (κ2) is 9.37. The molecule has 6 heteroatoms. The first-order chi connectivity index (χ1) is 10.1. The molecule has 1 rings (SSSR count). The van der Waals surface area contributed by atoms with Gasteiger partial charge in [-0.2, -0.15) is 5.26 Å². The molecule has 0 bridgehead atoms. The fraction of sp³-hybridized carbons (Fsp3) is 0.400. The Kier molecular flexibility index (Phi) is 7.36. The van der Waals surface area contributed by atoms with Crippen LogP contribution < -0.4 is 4.90 Å². The molecule has 0 amide bonds. The number of hydrogen-bond donors (Lipinski definition) is 0. The lowest BCUT2D eigenvalue weighted by Crippen LogP contribution is -2.29. The molecule has 112 valence electrons. The van der Waals surface area contributed by atoms with Crippen LogP contribution in [-0.2, 0) is 19.1 Å². The third kappa shape index (κ3) is 6.97. The molecular formula is C15H18N2O4. The maximum Gasteiger partial charge on any atom is 0.344 e. The summed E-state index contributed by atoms with van der Waals surface area (Å²) in [4.78, 5) is 23.8. The molecular weight excluding hydrogens is 272 g/mol. The van der Waals surface area contributed by atoms with E-state index in [1.54, 1.807) is 0 Å². The lowest BCUT2D eigenvalue weighted by atomic mass is 10.2. The summed E-state index contributed by atoms with van der Waals surface area (Å²) in [6, 6.07) is 11.7. The van der Waals surface area contributed by atoms with Gasteiger partial charge in [0, 0.05) is 19.2 Å². The van der Waals surface area contributed by atoms with Crippen LogP contribution in [-0.4, -0.2) is 38.2 Å². The summed E-state index contributed by atoms with van der Waals surface area (Å²) in [6.45, 7) is 2.05. The first-order valence-corrected chi connectivity index (χ1v) is 6.59. The fourth-order valence-electron chi connectivity index (χ4n) is 1.67. The van der Waals surface area contributed by atoms with Crippen LogP contribution in [0.2, 0.25) is 0 Å². The number of esters is 2. The van der Waals surface area contributed by atoms with E-state index in [0.29, 0.717) is 19.5 Å². The summed E-state index contributed by atoms with van der Waals surface area (Å²) in [6.07, 6.45) is 0.385. The zero-order valence-corrected chi connectivity index (χ0v) is 11.9. The summed E-state index contributed by atoms with van der Waals surface area (Å²) < 4.78 is 9.52. The third-order valence-electron chi connectivity index (χ3n) is 2.63. The molecule has 0 heterocycles. The number of benzene rings is 1. The molecule has 0 saturated heterocycles. The Bertz CT molecular complexity index is 496. The molecule has 0 spiro atoms. The van der Waals surface area contributed by atoms with E-state index in [1.165, 1.54) is 6.92 Å².